The molecule has 3 aromatic rings. The molecule has 0 spiro atoms. The minimum absolute atomic E-state index is 0.130. The summed E-state index contributed by atoms with van der Waals surface area (Å²) in [7, 11) is 1.92. The van der Waals surface area contributed by atoms with Crippen molar-refractivity contribution in [3.63, 3.8) is 0 Å². The summed E-state index contributed by atoms with van der Waals surface area (Å²) in [6.07, 6.45) is 1.73. The van der Waals surface area contributed by atoms with Crippen molar-refractivity contribution in [1.82, 2.24) is 25.0 Å². The number of carbonyl (C=O) groups is 1. The Balaban J connectivity index is 2.19. The Morgan fingerprint density at radius 3 is 3.00 bits per heavy atom. The molecule has 0 bridgehead atoms. The van der Waals surface area contributed by atoms with Crippen molar-refractivity contribution in [2.75, 3.05) is 0 Å². The fourth-order valence-corrected chi connectivity index (χ4v) is 1.89. The summed E-state index contributed by atoms with van der Waals surface area (Å²) in [5.74, 6) is -0.611. The SMILES string of the molecule is Cn1cnc2cc(-c3n[nH]nc3C(N)=O)ccc21. The summed E-state index contributed by atoms with van der Waals surface area (Å²) >= 11 is 0. The number of H-pyrrole nitrogens is 1. The third kappa shape index (κ3) is 1.45. The number of fused-ring (bicyclic) bond motifs is 1. The van der Waals surface area contributed by atoms with E-state index in [9.17, 15) is 4.79 Å². The van der Waals surface area contributed by atoms with Crippen LogP contribution in [0.25, 0.3) is 22.3 Å². The summed E-state index contributed by atoms with van der Waals surface area (Å²) in [6, 6.07) is 5.62. The molecule has 1 amide bonds. The van der Waals surface area contributed by atoms with Crippen LogP contribution in [0.3, 0.4) is 0 Å². The molecule has 0 saturated heterocycles. The quantitative estimate of drug-likeness (QED) is 0.681. The minimum Gasteiger partial charge on any atom is -0.364 e. The number of aryl methyl sites for hydroxylation is 1. The van der Waals surface area contributed by atoms with Gasteiger partial charge in [0.05, 0.1) is 17.4 Å². The number of nitrogens with two attached hydrogens (primary N) is 1. The average Bonchev–Trinajstić information content (AvgIpc) is 2.96. The Hall–Kier alpha value is -2.70. The Labute approximate surface area is 102 Å². The first-order valence-corrected chi connectivity index (χ1v) is 5.29. The van der Waals surface area contributed by atoms with Crippen LogP contribution in [0.5, 0.6) is 0 Å². The second-order valence-corrected chi connectivity index (χ2v) is 3.94. The maximum Gasteiger partial charge on any atom is 0.271 e. The van der Waals surface area contributed by atoms with Gasteiger partial charge < -0.3 is 10.3 Å². The van der Waals surface area contributed by atoms with Crippen molar-refractivity contribution in [1.29, 1.82) is 0 Å². The molecule has 0 atom stereocenters. The second-order valence-electron chi connectivity index (χ2n) is 3.94. The lowest BCUT2D eigenvalue weighted by Crippen LogP contribution is -2.12. The number of nitrogens with zero attached hydrogens (tertiary/aromatic N) is 4. The van der Waals surface area contributed by atoms with E-state index < -0.39 is 5.91 Å². The number of imidazole rings is 1. The summed E-state index contributed by atoms with van der Waals surface area (Å²) in [5, 5.41) is 10.1. The monoisotopic (exact) mass is 242 g/mol. The highest BCUT2D eigenvalue weighted by Crippen LogP contribution is 2.23. The molecular formula is C11H10N6O. The number of amides is 1. The minimum atomic E-state index is -0.611. The van der Waals surface area contributed by atoms with Gasteiger partial charge in [0.1, 0.15) is 5.69 Å². The number of rotatable bonds is 2. The first-order chi connectivity index (χ1) is 8.66. The lowest BCUT2D eigenvalue weighted by molar-refractivity contribution is 0.0996. The second kappa shape index (κ2) is 3.66. The van der Waals surface area contributed by atoms with Gasteiger partial charge in [-0.05, 0) is 12.1 Å². The van der Waals surface area contributed by atoms with E-state index in [1.54, 1.807) is 6.33 Å². The van der Waals surface area contributed by atoms with E-state index >= 15 is 0 Å². The molecule has 3 rings (SSSR count). The molecule has 90 valence electrons. The highest BCUT2D eigenvalue weighted by Gasteiger charge is 2.15. The van der Waals surface area contributed by atoms with Gasteiger partial charge in [-0.2, -0.15) is 15.4 Å². The predicted molar refractivity (Wildman–Crippen MR) is 64.6 cm³/mol. The van der Waals surface area contributed by atoms with Crippen molar-refractivity contribution < 1.29 is 4.79 Å². The third-order valence-electron chi connectivity index (χ3n) is 2.78. The molecule has 2 heterocycles. The van der Waals surface area contributed by atoms with Gasteiger partial charge in [-0.15, -0.1) is 0 Å². The van der Waals surface area contributed by atoms with E-state index in [0.717, 1.165) is 16.6 Å². The number of benzene rings is 1. The number of hydrogen-bond donors (Lipinski definition) is 2. The smallest absolute Gasteiger partial charge is 0.271 e. The molecule has 0 fully saturated rings. The molecule has 0 unspecified atom stereocenters. The van der Waals surface area contributed by atoms with Crippen LogP contribution in [-0.2, 0) is 7.05 Å². The number of hydrogen-bond acceptors (Lipinski definition) is 4. The average molecular weight is 242 g/mol. The molecule has 7 heteroatoms. The topological polar surface area (TPSA) is 102 Å². The van der Waals surface area contributed by atoms with E-state index in [-0.39, 0.29) is 5.69 Å². The highest BCUT2D eigenvalue weighted by atomic mass is 16.1. The highest BCUT2D eigenvalue weighted by molar-refractivity contribution is 5.97. The van der Waals surface area contributed by atoms with E-state index in [4.69, 9.17) is 5.73 Å². The van der Waals surface area contributed by atoms with Crippen molar-refractivity contribution >= 4 is 16.9 Å². The maximum atomic E-state index is 11.2. The standard InChI is InChI=1S/C11H10N6O/c1-17-5-13-7-4-6(2-3-8(7)17)9-10(11(12)18)15-16-14-9/h2-5H,1H3,(H2,12,18)(H,14,15,16). The normalized spacial score (nSPS) is 10.9. The van der Waals surface area contributed by atoms with Crippen LogP contribution in [0.1, 0.15) is 10.5 Å². The largest absolute Gasteiger partial charge is 0.364 e. The van der Waals surface area contributed by atoms with Gasteiger partial charge >= 0.3 is 0 Å². The van der Waals surface area contributed by atoms with Crippen LogP contribution < -0.4 is 5.73 Å². The van der Waals surface area contributed by atoms with E-state index in [2.05, 4.69) is 20.4 Å². The zero-order valence-electron chi connectivity index (χ0n) is 9.58. The van der Waals surface area contributed by atoms with Crippen molar-refractivity contribution in [2.45, 2.75) is 0 Å². The summed E-state index contributed by atoms with van der Waals surface area (Å²) in [6.45, 7) is 0. The zero-order valence-corrected chi connectivity index (χ0v) is 9.58. The van der Waals surface area contributed by atoms with Gasteiger partial charge in [-0.25, -0.2) is 4.98 Å². The van der Waals surface area contributed by atoms with Crippen molar-refractivity contribution in [3.05, 3.63) is 30.2 Å². The molecule has 1 aromatic carbocycles. The van der Waals surface area contributed by atoms with Gasteiger partial charge in [0.25, 0.3) is 5.91 Å². The molecule has 3 N–H and O–H groups in total. The Morgan fingerprint density at radius 1 is 1.39 bits per heavy atom. The van der Waals surface area contributed by atoms with E-state index in [1.807, 2.05) is 29.8 Å². The molecule has 0 aliphatic rings. The van der Waals surface area contributed by atoms with Crippen molar-refractivity contribution in [2.24, 2.45) is 12.8 Å². The van der Waals surface area contributed by atoms with Crippen LogP contribution in [-0.4, -0.2) is 30.9 Å². The molecular weight excluding hydrogens is 232 g/mol. The van der Waals surface area contributed by atoms with Crippen LogP contribution in [0.15, 0.2) is 24.5 Å². The number of aromatic nitrogens is 5. The molecule has 2 aromatic heterocycles. The van der Waals surface area contributed by atoms with Gasteiger partial charge in [-0.1, -0.05) is 6.07 Å². The molecule has 0 aliphatic carbocycles. The zero-order chi connectivity index (χ0) is 12.7. The number of nitrogens with one attached hydrogen (secondary N) is 1. The van der Waals surface area contributed by atoms with Crippen molar-refractivity contribution in [3.8, 4) is 11.3 Å². The summed E-state index contributed by atoms with van der Waals surface area (Å²) in [4.78, 5) is 15.5. The van der Waals surface area contributed by atoms with Crippen LogP contribution >= 0.6 is 0 Å². The first kappa shape index (κ1) is 10.5. The Bertz CT molecular complexity index is 741. The van der Waals surface area contributed by atoms with Crippen LogP contribution in [0, 0.1) is 0 Å². The van der Waals surface area contributed by atoms with Gasteiger partial charge in [0.2, 0.25) is 0 Å². The van der Waals surface area contributed by atoms with Gasteiger partial charge in [-0.3, -0.25) is 4.79 Å². The number of primary amides is 1. The fourth-order valence-electron chi connectivity index (χ4n) is 1.89. The number of carbonyl (C=O) groups excluding carboxylic acids is 1. The lowest BCUT2D eigenvalue weighted by atomic mass is 10.1. The molecule has 7 nitrogen and oxygen atoms in total. The van der Waals surface area contributed by atoms with E-state index in [1.165, 1.54) is 0 Å². The third-order valence-corrected chi connectivity index (χ3v) is 2.78. The molecule has 0 radical (unpaired) electrons. The van der Waals surface area contributed by atoms with Crippen LogP contribution in [0.4, 0.5) is 0 Å². The van der Waals surface area contributed by atoms with Gasteiger partial charge in [0.15, 0.2) is 5.69 Å². The summed E-state index contributed by atoms with van der Waals surface area (Å²) in [5.41, 5.74) is 8.39. The summed E-state index contributed by atoms with van der Waals surface area (Å²) < 4.78 is 1.91. The first-order valence-electron chi connectivity index (χ1n) is 5.29. The molecule has 0 aliphatic heterocycles. The predicted octanol–water partition coefficient (Wildman–Crippen LogP) is 0.457. The molecule has 18 heavy (non-hydrogen) atoms. The van der Waals surface area contributed by atoms with E-state index in [0.29, 0.717) is 5.69 Å². The number of aromatic amines is 1. The van der Waals surface area contributed by atoms with Crippen LogP contribution in [0.2, 0.25) is 0 Å². The van der Waals surface area contributed by atoms with Gasteiger partial charge in [0, 0.05) is 12.6 Å². The maximum absolute atomic E-state index is 11.2. The molecule has 0 saturated carbocycles. The Kier molecular flexibility index (Phi) is 2.12. The lowest BCUT2D eigenvalue weighted by Gasteiger charge is -1.99. The fraction of sp³-hybridized carbons (Fsp3) is 0.0909. The Morgan fingerprint density at radius 2 is 2.22 bits per heavy atom.